The zero-order valence-electron chi connectivity index (χ0n) is 14.0. The van der Waals surface area contributed by atoms with Crippen LogP contribution in [0.5, 0.6) is 0 Å². The Hall–Kier alpha value is -2.42. The van der Waals surface area contributed by atoms with Crippen molar-refractivity contribution in [2.75, 3.05) is 32.8 Å². The minimum atomic E-state index is -0.165. The van der Waals surface area contributed by atoms with Crippen LogP contribution in [0.1, 0.15) is 12.1 Å². The predicted molar refractivity (Wildman–Crippen MR) is 86.3 cm³/mol. The quantitative estimate of drug-likeness (QED) is 0.791. The predicted octanol–water partition coefficient (Wildman–Crippen LogP) is -0.557. The van der Waals surface area contributed by atoms with Crippen LogP contribution in [0, 0.1) is 6.92 Å². The maximum Gasteiger partial charge on any atom is 0.242 e. The maximum absolute atomic E-state index is 12.0. The monoisotopic (exact) mass is 334 g/mol. The van der Waals surface area contributed by atoms with Crippen molar-refractivity contribution >= 4 is 22.8 Å². The van der Waals surface area contributed by atoms with E-state index in [0.717, 1.165) is 16.7 Å². The topological polar surface area (TPSA) is 94.3 Å². The number of ether oxygens (including phenoxy) is 1. The number of hydrogen-bond donors (Lipinski definition) is 1. The van der Waals surface area contributed by atoms with Crippen molar-refractivity contribution in [2.45, 2.75) is 19.9 Å². The number of nitrogens with one attached hydrogen (secondary N) is 1. The smallest absolute Gasteiger partial charge is 0.242 e. The van der Waals surface area contributed by atoms with E-state index in [1.807, 2.05) is 14.0 Å². The number of amides is 2. The van der Waals surface area contributed by atoms with E-state index < -0.39 is 0 Å². The third kappa shape index (κ3) is 3.40. The molecule has 0 aliphatic carbocycles. The lowest BCUT2D eigenvalue weighted by atomic mass is 10.3. The molecule has 2 aromatic heterocycles. The molecule has 0 atom stereocenters. The molecule has 1 saturated heterocycles. The zero-order chi connectivity index (χ0) is 17.1. The lowest BCUT2D eigenvalue weighted by Crippen LogP contribution is -2.45. The summed E-state index contributed by atoms with van der Waals surface area (Å²) in [7, 11) is 1.87. The molecule has 0 unspecified atom stereocenters. The highest BCUT2D eigenvalue weighted by molar-refractivity contribution is 5.85. The summed E-state index contributed by atoms with van der Waals surface area (Å²) in [6.07, 6.45) is 2.01. The standard InChI is InChI=1S/C15H22N6O3/c1-11-15-12(19(2)18-11)9-17-21(15)4-3-13(22)16-10-14(23)20-5-7-24-8-6-20/h9H,3-8,10H2,1-2H3,(H,16,22). The Morgan fingerprint density at radius 2 is 2.08 bits per heavy atom. The van der Waals surface area contributed by atoms with Gasteiger partial charge in [0.25, 0.3) is 0 Å². The molecule has 0 spiro atoms. The van der Waals surface area contributed by atoms with Crippen LogP contribution in [0.15, 0.2) is 6.20 Å². The molecular weight excluding hydrogens is 312 g/mol. The van der Waals surface area contributed by atoms with Gasteiger partial charge in [-0.15, -0.1) is 0 Å². The molecule has 3 heterocycles. The van der Waals surface area contributed by atoms with Crippen LogP contribution in [-0.4, -0.2) is 69.1 Å². The molecule has 1 aliphatic heterocycles. The van der Waals surface area contributed by atoms with Gasteiger partial charge in [-0.1, -0.05) is 0 Å². The molecular formula is C15H22N6O3. The largest absolute Gasteiger partial charge is 0.378 e. The first-order valence-corrected chi connectivity index (χ1v) is 8.03. The second kappa shape index (κ2) is 7.00. The Balaban J connectivity index is 1.49. The average molecular weight is 334 g/mol. The van der Waals surface area contributed by atoms with Gasteiger partial charge in [0, 0.05) is 26.6 Å². The van der Waals surface area contributed by atoms with Gasteiger partial charge in [-0.3, -0.25) is 19.0 Å². The van der Waals surface area contributed by atoms with Gasteiger partial charge < -0.3 is 15.0 Å². The van der Waals surface area contributed by atoms with Crippen molar-refractivity contribution in [2.24, 2.45) is 7.05 Å². The van der Waals surface area contributed by atoms with Gasteiger partial charge in [0.05, 0.1) is 38.2 Å². The van der Waals surface area contributed by atoms with E-state index in [-0.39, 0.29) is 24.8 Å². The summed E-state index contributed by atoms with van der Waals surface area (Å²) in [5, 5.41) is 11.3. The van der Waals surface area contributed by atoms with Crippen LogP contribution in [0.25, 0.3) is 11.0 Å². The normalized spacial score (nSPS) is 15.0. The first-order valence-electron chi connectivity index (χ1n) is 8.03. The molecule has 1 aliphatic rings. The molecule has 1 fully saturated rings. The summed E-state index contributed by atoms with van der Waals surface area (Å²) in [5.41, 5.74) is 2.76. The molecule has 130 valence electrons. The highest BCUT2D eigenvalue weighted by atomic mass is 16.5. The number of carbonyl (C=O) groups is 2. The second-order valence-electron chi connectivity index (χ2n) is 5.83. The molecule has 0 radical (unpaired) electrons. The van der Waals surface area contributed by atoms with E-state index in [1.54, 1.807) is 20.5 Å². The number of fused-ring (bicyclic) bond motifs is 1. The molecule has 2 amide bonds. The lowest BCUT2D eigenvalue weighted by Gasteiger charge is -2.26. The zero-order valence-corrected chi connectivity index (χ0v) is 14.0. The number of aromatic nitrogens is 4. The number of morpholine rings is 1. The SMILES string of the molecule is Cc1nn(C)c2cnn(CCC(=O)NCC(=O)N3CCOCC3)c12. The third-order valence-electron chi connectivity index (χ3n) is 4.16. The highest BCUT2D eigenvalue weighted by Gasteiger charge is 2.17. The minimum Gasteiger partial charge on any atom is -0.378 e. The van der Waals surface area contributed by atoms with E-state index in [9.17, 15) is 9.59 Å². The number of aryl methyl sites for hydroxylation is 3. The van der Waals surface area contributed by atoms with Crippen LogP contribution in [-0.2, 0) is 27.9 Å². The summed E-state index contributed by atoms with van der Waals surface area (Å²) in [5.74, 6) is -0.238. The Labute approximate surface area is 139 Å². The number of rotatable bonds is 5. The summed E-state index contributed by atoms with van der Waals surface area (Å²) in [6.45, 7) is 4.67. The van der Waals surface area contributed by atoms with E-state index >= 15 is 0 Å². The highest BCUT2D eigenvalue weighted by Crippen LogP contribution is 2.16. The minimum absolute atomic E-state index is 0.0271. The van der Waals surface area contributed by atoms with E-state index in [2.05, 4.69) is 15.5 Å². The molecule has 9 nitrogen and oxygen atoms in total. The van der Waals surface area contributed by atoms with Crippen LogP contribution in [0.3, 0.4) is 0 Å². The van der Waals surface area contributed by atoms with Gasteiger partial charge in [0.2, 0.25) is 11.8 Å². The molecule has 24 heavy (non-hydrogen) atoms. The summed E-state index contributed by atoms with van der Waals surface area (Å²) in [4.78, 5) is 25.7. The van der Waals surface area contributed by atoms with Crippen molar-refractivity contribution in [1.82, 2.24) is 29.8 Å². The Morgan fingerprint density at radius 3 is 2.83 bits per heavy atom. The van der Waals surface area contributed by atoms with Gasteiger partial charge >= 0.3 is 0 Å². The van der Waals surface area contributed by atoms with E-state index in [1.165, 1.54) is 0 Å². The van der Waals surface area contributed by atoms with E-state index in [0.29, 0.717) is 32.8 Å². The maximum atomic E-state index is 12.0. The fourth-order valence-corrected chi connectivity index (χ4v) is 2.87. The van der Waals surface area contributed by atoms with Crippen LogP contribution in [0.2, 0.25) is 0 Å². The average Bonchev–Trinajstić information content (AvgIpc) is 3.13. The van der Waals surface area contributed by atoms with Crippen molar-refractivity contribution in [3.05, 3.63) is 11.9 Å². The van der Waals surface area contributed by atoms with Gasteiger partial charge in [-0.25, -0.2) is 0 Å². The van der Waals surface area contributed by atoms with Crippen molar-refractivity contribution in [1.29, 1.82) is 0 Å². The van der Waals surface area contributed by atoms with Gasteiger partial charge in [-0.05, 0) is 6.92 Å². The van der Waals surface area contributed by atoms with Crippen molar-refractivity contribution < 1.29 is 14.3 Å². The van der Waals surface area contributed by atoms with Crippen molar-refractivity contribution in [3.63, 3.8) is 0 Å². The fraction of sp³-hybridized carbons (Fsp3) is 0.600. The summed E-state index contributed by atoms with van der Waals surface area (Å²) < 4.78 is 8.76. The fourth-order valence-electron chi connectivity index (χ4n) is 2.87. The first-order chi connectivity index (χ1) is 11.6. The Bertz CT molecular complexity index is 744. The third-order valence-corrected chi connectivity index (χ3v) is 4.16. The van der Waals surface area contributed by atoms with Gasteiger partial charge in [-0.2, -0.15) is 10.2 Å². The Kier molecular flexibility index (Phi) is 4.79. The first kappa shape index (κ1) is 16.4. The molecule has 3 rings (SSSR count). The number of carbonyl (C=O) groups excluding carboxylic acids is 2. The molecule has 1 N–H and O–H groups in total. The van der Waals surface area contributed by atoms with Crippen molar-refractivity contribution in [3.8, 4) is 0 Å². The van der Waals surface area contributed by atoms with Gasteiger partial charge in [0.15, 0.2) is 0 Å². The van der Waals surface area contributed by atoms with Gasteiger partial charge in [0.1, 0.15) is 11.0 Å². The summed E-state index contributed by atoms with van der Waals surface area (Å²) >= 11 is 0. The number of hydrogen-bond acceptors (Lipinski definition) is 5. The molecule has 2 aromatic rings. The van der Waals surface area contributed by atoms with Crippen LogP contribution >= 0.6 is 0 Å². The van der Waals surface area contributed by atoms with Crippen LogP contribution in [0.4, 0.5) is 0 Å². The number of nitrogens with zero attached hydrogens (tertiary/aromatic N) is 5. The Morgan fingerprint density at radius 1 is 1.33 bits per heavy atom. The lowest BCUT2D eigenvalue weighted by molar-refractivity contribution is -0.136. The summed E-state index contributed by atoms with van der Waals surface area (Å²) in [6, 6.07) is 0. The van der Waals surface area contributed by atoms with Crippen LogP contribution < -0.4 is 5.32 Å². The van der Waals surface area contributed by atoms with E-state index in [4.69, 9.17) is 4.74 Å². The molecule has 0 aromatic carbocycles. The molecule has 0 saturated carbocycles. The molecule has 0 bridgehead atoms. The molecule has 9 heteroatoms. The second-order valence-corrected chi connectivity index (χ2v) is 5.83.